The molecule has 0 aliphatic rings. The zero-order chi connectivity index (χ0) is 18.0. The van der Waals surface area contributed by atoms with E-state index in [0.29, 0.717) is 26.5 Å². The van der Waals surface area contributed by atoms with Crippen LogP contribution in [0.4, 0.5) is 5.82 Å². The molecule has 132 valence electrons. The van der Waals surface area contributed by atoms with Gasteiger partial charge in [0.25, 0.3) is 0 Å². The fourth-order valence-electron chi connectivity index (χ4n) is 2.73. The van der Waals surface area contributed by atoms with Gasteiger partial charge in [-0.15, -0.1) is 0 Å². The van der Waals surface area contributed by atoms with Gasteiger partial charge >= 0.3 is 0 Å². The highest BCUT2D eigenvalue weighted by Gasteiger charge is 2.15. The van der Waals surface area contributed by atoms with Gasteiger partial charge in [0.05, 0.1) is 16.9 Å². The molecule has 3 rings (SSSR count). The molecule has 25 heavy (non-hydrogen) atoms. The lowest BCUT2D eigenvalue weighted by atomic mass is 10.2. The molecule has 0 amide bonds. The van der Waals surface area contributed by atoms with Crippen molar-refractivity contribution in [1.29, 1.82) is 0 Å². The summed E-state index contributed by atoms with van der Waals surface area (Å²) in [7, 11) is 0. The third-order valence-electron chi connectivity index (χ3n) is 3.97. The van der Waals surface area contributed by atoms with Gasteiger partial charge in [-0.3, -0.25) is 0 Å². The number of aryl methyl sites for hydroxylation is 2. The minimum atomic E-state index is -1.13. The number of halogens is 2. The molecule has 8 heteroatoms. The van der Waals surface area contributed by atoms with E-state index < -0.39 is 11.2 Å². The molecule has 2 N–H and O–H groups in total. The summed E-state index contributed by atoms with van der Waals surface area (Å²) in [6.07, 6.45) is 5.23. The maximum atomic E-state index is 12.4. The average molecular weight is 397 g/mol. The monoisotopic (exact) mass is 396 g/mol. The molecule has 1 aromatic carbocycles. The van der Waals surface area contributed by atoms with Gasteiger partial charge in [0.15, 0.2) is 10.7 Å². The highest BCUT2D eigenvalue weighted by Crippen LogP contribution is 2.26. The van der Waals surface area contributed by atoms with Gasteiger partial charge in [-0.2, -0.15) is 0 Å². The molecule has 0 aliphatic carbocycles. The minimum absolute atomic E-state index is 0.442. The Labute approximate surface area is 159 Å². The second-order valence-corrected chi connectivity index (χ2v) is 8.18. The molecule has 2 heterocycles. The van der Waals surface area contributed by atoms with Gasteiger partial charge in [-0.1, -0.05) is 23.2 Å². The highest BCUT2D eigenvalue weighted by molar-refractivity contribution is 7.91. The number of fused-ring (bicyclic) bond motifs is 1. The summed E-state index contributed by atoms with van der Waals surface area (Å²) in [5, 5.41) is 0.993. The van der Waals surface area contributed by atoms with E-state index >= 15 is 0 Å². The van der Waals surface area contributed by atoms with Crippen LogP contribution < -0.4 is 5.73 Å². The zero-order valence-electron chi connectivity index (χ0n) is 13.7. The highest BCUT2D eigenvalue weighted by atomic mass is 35.5. The van der Waals surface area contributed by atoms with Gasteiger partial charge in [0.1, 0.15) is 11.3 Å². The van der Waals surface area contributed by atoms with Crippen molar-refractivity contribution >= 4 is 51.2 Å². The van der Waals surface area contributed by atoms with E-state index in [4.69, 9.17) is 28.9 Å². The van der Waals surface area contributed by atoms with E-state index in [-0.39, 0.29) is 0 Å². The Morgan fingerprint density at radius 1 is 1.24 bits per heavy atom. The molecule has 0 spiro atoms. The third kappa shape index (κ3) is 4.03. The standard InChI is InChI=1S/C17H18Cl2N4OS/c1-11-9-21-17(20)15-16(11)23(10-22-15)6-2-3-7-25(24)14-5-4-12(18)8-13(14)19/h4-5,8-10H,2-3,6-7H2,1H3,(H2,20,21). The lowest BCUT2D eigenvalue weighted by Crippen LogP contribution is -2.09. The minimum Gasteiger partial charge on any atom is -0.611 e. The molecular weight excluding hydrogens is 379 g/mol. The Morgan fingerprint density at radius 3 is 2.80 bits per heavy atom. The smallest absolute Gasteiger partial charge is 0.171 e. The zero-order valence-corrected chi connectivity index (χ0v) is 16.0. The number of nitrogens with zero attached hydrogens (tertiary/aromatic N) is 3. The normalized spacial score (nSPS) is 12.6. The van der Waals surface area contributed by atoms with Crippen molar-refractivity contribution < 1.29 is 4.55 Å². The maximum Gasteiger partial charge on any atom is 0.171 e. The van der Waals surface area contributed by atoms with Crippen LogP contribution in [-0.4, -0.2) is 24.8 Å². The fourth-order valence-corrected chi connectivity index (χ4v) is 4.58. The van der Waals surface area contributed by atoms with Crippen LogP contribution in [0.5, 0.6) is 0 Å². The van der Waals surface area contributed by atoms with Crippen molar-refractivity contribution in [3.63, 3.8) is 0 Å². The van der Waals surface area contributed by atoms with Crippen LogP contribution in [0.3, 0.4) is 0 Å². The molecule has 1 atom stereocenters. The lowest BCUT2D eigenvalue weighted by Gasteiger charge is -2.12. The first-order chi connectivity index (χ1) is 12.0. The van der Waals surface area contributed by atoms with Crippen LogP contribution >= 0.6 is 23.2 Å². The van der Waals surface area contributed by atoms with Crippen molar-refractivity contribution in [2.24, 2.45) is 0 Å². The second kappa shape index (κ2) is 7.83. The van der Waals surface area contributed by atoms with Crippen molar-refractivity contribution in [3.05, 3.63) is 46.3 Å². The summed E-state index contributed by atoms with van der Waals surface area (Å²) in [6, 6.07) is 5.05. The lowest BCUT2D eigenvalue weighted by molar-refractivity contribution is 0.584. The number of imidazole rings is 1. The predicted octanol–water partition coefficient (Wildman–Crippen LogP) is 4.22. The van der Waals surface area contributed by atoms with Crippen LogP contribution in [-0.2, 0) is 17.7 Å². The molecule has 0 radical (unpaired) electrons. The SMILES string of the molecule is Cc1cnc(N)c2ncn(CCCC[S+]([O-])c3ccc(Cl)cc3Cl)c12. The number of pyridine rings is 1. The summed E-state index contributed by atoms with van der Waals surface area (Å²) in [5.74, 6) is 0.995. The average Bonchev–Trinajstić information content (AvgIpc) is 3.00. The Morgan fingerprint density at radius 2 is 2.04 bits per heavy atom. The summed E-state index contributed by atoms with van der Waals surface area (Å²) in [4.78, 5) is 9.11. The maximum absolute atomic E-state index is 12.4. The number of nitrogens with two attached hydrogens (primary N) is 1. The number of benzene rings is 1. The third-order valence-corrected chi connectivity index (χ3v) is 6.14. The molecule has 0 saturated heterocycles. The van der Waals surface area contributed by atoms with Crippen LogP contribution in [0.15, 0.2) is 35.6 Å². The number of anilines is 1. The summed E-state index contributed by atoms with van der Waals surface area (Å²) < 4.78 is 14.5. The van der Waals surface area contributed by atoms with Crippen molar-refractivity contribution in [2.45, 2.75) is 31.2 Å². The number of hydrogen-bond acceptors (Lipinski definition) is 4. The molecule has 0 saturated carbocycles. The summed E-state index contributed by atoms with van der Waals surface area (Å²) >= 11 is 10.8. The van der Waals surface area contributed by atoms with E-state index in [9.17, 15) is 4.55 Å². The molecule has 3 aromatic rings. The molecule has 5 nitrogen and oxygen atoms in total. The van der Waals surface area contributed by atoms with Gasteiger partial charge < -0.3 is 14.9 Å². The number of aromatic nitrogens is 3. The Bertz CT molecular complexity index is 900. The first kappa shape index (κ1) is 18.3. The first-order valence-electron chi connectivity index (χ1n) is 7.86. The molecule has 0 fully saturated rings. The number of unbranched alkanes of at least 4 members (excludes halogenated alkanes) is 1. The Kier molecular flexibility index (Phi) is 5.74. The topological polar surface area (TPSA) is 79.8 Å². The Balaban J connectivity index is 1.59. The van der Waals surface area contributed by atoms with E-state index in [1.165, 1.54) is 0 Å². The van der Waals surface area contributed by atoms with Crippen LogP contribution in [0.1, 0.15) is 18.4 Å². The fraction of sp³-hybridized carbons (Fsp3) is 0.294. The van der Waals surface area contributed by atoms with Crippen LogP contribution in [0.25, 0.3) is 11.0 Å². The summed E-state index contributed by atoms with van der Waals surface area (Å²) in [6.45, 7) is 2.77. The molecular formula is C17H18Cl2N4OS. The van der Waals surface area contributed by atoms with Gasteiger partial charge in [-0.25, -0.2) is 9.97 Å². The van der Waals surface area contributed by atoms with Crippen molar-refractivity contribution in [2.75, 3.05) is 11.5 Å². The quantitative estimate of drug-likeness (QED) is 0.499. The van der Waals surface area contributed by atoms with Gasteiger partial charge in [-0.05, 0) is 54.7 Å². The molecule has 0 aliphatic heterocycles. The van der Waals surface area contributed by atoms with E-state index in [1.807, 2.05) is 6.92 Å². The largest absolute Gasteiger partial charge is 0.611 e. The van der Waals surface area contributed by atoms with E-state index in [1.54, 1.807) is 30.7 Å². The van der Waals surface area contributed by atoms with Crippen LogP contribution in [0, 0.1) is 6.92 Å². The van der Waals surface area contributed by atoms with E-state index in [0.717, 1.165) is 36.0 Å². The summed E-state index contributed by atoms with van der Waals surface area (Å²) in [5.41, 5.74) is 8.65. The Hall–Kier alpha value is -1.47. The predicted molar refractivity (Wildman–Crippen MR) is 104 cm³/mol. The number of nitrogen functional groups attached to an aromatic ring is 1. The molecule has 1 unspecified atom stereocenters. The second-order valence-electron chi connectivity index (χ2n) is 5.79. The van der Waals surface area contributed by atoms with E-state index in [2.05, 4.69) is 14.5 Å². The van der Waals surface area contributed by atoms with Crippen molar-refractivity contribution in [1.82, 2.24) is 14.5 Å². The molecule has 0 bridgehead atoms. The first-order valence-corrected chi connectivity index (χ1v) is 9.94. The number of rotatable bonds is 6. The van der Waals surface area contributed by atoms with Crippen molar-refractivity contribution in [3.8, 4) is 0 Å². The van der Waals surface area contributed by atoms with Gasteiger partial charge in [0, 0.05) is 17.8 Å². The van der Waals surface area contributed by atoms with Gasteiger partial charge in [0.2, 0.25) is 0 Å². The number of hydrogen-bond donors (Lipinski definition) is 1. The van der Waals surface area contributed by atoms with Crippen LogP contribution in [0.2, 0.25) is 10.0 Å². The molecule has 2 aromatic heterocycles.